The number of nitrogens with two attached hydrogens (primary N) is 1. The van der Waals surface area contributed by atoms with Crippen LogP contribution in [-0.2, 0) is 9.47 Å². The lowest BCUT2D eigenvalue weighted by Gasteiger charge is -2.25. The van der Waals surface area contributed by atoms with E-state index in [1.54, 1.807) is 6.07 Å². The van der Waals surface area contributed by atoms with Gasteiger partial charge in [-0.1, -0.05) is 18.2 Å². The molecule has 1 aliphatic carbocycles. The Kier molecular flexibility index (Phi) is 2.61. The van der Waals surface area contributed by atoms with Gasteiger partial charge in [-0.15, -0.1) is 0 Å². The van der Waals surface area contributed by atoms with Crippen LogP contribution < -0.4 is 5.73 Å². The summed E-state index contributed by atoms with van der Waals surface area (Å²) in [6.07, 6.45) is 0. The molecule has 1 saturated heterocycles. The third-order valence-corrected chi connectivity index (χ3v) is 5.05. The van der Waals surface area contributed by atoms with Crippen molar-refractivity contribution in [2.75, 3.05) is 13.2 Å². The molecule has 3 unspecified atom stereocenters. The monoisotopic (exact) mass is 325 g/mol. The number of hydrogen-bond acceptors (Lipinski definition) is 8. The van der Waals surface area contributed by atoms with Crippen LogP contribution in [-0.4, -0.2) is 29.9 Å². The number of nitro groups is 1. The summed E-state index contributed by atoms with van der Waals surface area (Å²) in [6, 6.07) is 10.1. The van der Waals surface area contributed by atoms with Gasteiger partial charge in [0.2, 0.25) is 0 Å². The Labute approximate surface area is 136 Å². The van der Waals surface area contributed by atoms with Gasteiger partial charge in [0.25, 0.3) is 11.6 Å². The van der Waals surface area contributed by atoms with E-state index in [9.17, 15) is 20.6 Å². The van der Waals surface area contributed by atoms with Gasteiger partial charge in [-0.2, -0.15) is 10.5 Å². The second-order valence-electron chi connectivity index (χ2n) is 5.86. The maximum absolute atomic E-state index is 11.4. The van der Waals surface area contributed by atoms with Crippen LogP contribution in [0.15, 0.2) is 29.3 Å². The second kappa shape index (κ2) is 4.29. The molecule has 0 bridgehead atoms. The van der Waals surface area contributed by atoms with Crippen molar-refractivity contribution in [3.63, 3.8) is 0 Å². The Morgan fingerprint density at radius 3 is 2.54 bits per heavy atom. The van der Waals surface area contributed by atoms with Gasteiger partial charge in [0.1, 0.15) is 11.3 Å². The van der Waals surface area contributed by atoms with Gasteiger partial charge in [-0.25, -0.2) is 4.99 Å². The molecule has 2 aliphatic heterocycles. The third-order valence-electron chi connectivity index (χ3n) is 5.05. The molecule has 0 radical (unpaired) electrons. The number of aliphatic imine (C=N–C) groups is 1. The minimum atomic E-state index is -1.68. The topological polar surface area (TPSA) is 148 Å². The summed E-state index contributed by atoms with van der Waals surface area (Å²) in [5.74, 6) is -2.62. The van der Waals surface area contributed by atoms with Gasteiger partial charge in [0.05, 0.1) is 30.3 Å². The lowest BCUT2D eigenvalue weighted by atomic mass is 9.93. The highest BCUT2D eigenvalue weighted by atomic mass is 16.8. The molecule has 0 aromatic heterocycles. The number of rotatable bonds is 2. The van der Waals surface area contributed by atoms with Crippen molar-refractivity contribution < 1.29 is 14.4 Å². The summed E-state index contributed by atoms with van der Waals surface area (Å²) < 4.78 is 11.1. The number of nitro benzene ring substituents is 1. The molecular weight excluding hydrogens is 314 g/mol. The van der Waals surface area contributed by atoms with Gasteiger partial charge < -0.3 is 15.2 Å². The molecule has 2 heterocycles. The minimum Gasteiger partial charge on any atom is -0.386 e. The maximum Gasteiger partial charge on any atom is 0.293 e. The predicted molar refractivity (Wildman–Crippen MR) is 78.2 cm³/mol. The van der Waals surface area contributed by atoms with E-state index in [-0.39, 0.29) is 30.3 Å². The van der Waals surface area contributed by atoms with Crippen LogP contribution in [0.25, 0.3) is 0 Å². The van der Waals surface area contributed by atoms with Crippen LogP contribution in [0, 0.1) is 43.6 Å². The lowest BCUT2D eigenvalue weighted by molar-refractivity contribution is -0.385. The normalized spacial score (nSPS) is 34.9. The van der Waals surface area contributed by atoms with Crippen LogP contribution in [0.5, 0.6) is 0 Å². The number of amidine groups is 1. The Balaban J connectivity index is 1.97. The minimum absolute atomic E-state index is 0.0865. The number of nitriles is 2. The molecule has 2 N–H and O–H groups in total. The first-order valence-electron chi connectivity index (χ1n) is 7.20. The molecule has 0 amide bonds. The molecule has 120 valence electrons. The highest BCUT2D eigenvalue weighted by molar-refractivity contribution is 6.00. The van der Waals surface area contributed by atoms with E-state index >= 15 is 0 Å². The fourth-order valence-corrected chi connectivity index (χ4v) is 4.08. The van der Waals surface area contributed by atoms with E-state index < -0.39 is 27.6 Å². The van der Waals surface area contributed by atoms with Gasteiger partial charge in [0, 0.05) is 17.5 Å². The van der Waals surface area contributed by atoms with E-state index in [0.29, 0.717) is 0 Å². The summed E-state index contributed by atoms with van der Waals surface area (Å²) in [7, 11) is 0. The van der Waals surface area contributed by atoms with Crippen LogP contribution in [0.4, 0.5) is 5.69 Å². The first-order chi connectivity index (χ1) is 11.5. The number of benzene rings is 1. The van der Waals surface area contributed by atoms with Crippen molar-refractivity contribution >= 4 is 11.5 Å². The van der Waals surface area contributed by atoms with E-state index in [4.69, 9.17) is 15.2 Å². The van der Waals surface area contributed by atoms with Crippen molar-refractivity contribution in [1.82, 2.24) is 0 Å². The molecule has 2 fully saturated rings. The molecule has 1 spiro atoms. The molecule has 4 rings (SSSR count). The molecule has 3 aliphatic rings. The van der Waals surface area contributed by atoms with Gasteiger partial charge >= 0.3 is 0 Å². The van der Waals surface area contributed by atoms with E-state index in [0.717, 1.165) is 0 Å². The Hall–Kier alpha value is -3.01. The number of nitrogens with zero attached hydrogens (tertiary/aromatic N) is 4. The molecule has 1 aromatic rings. The van der Waals surface area contributed by atoms with E-state index in [1.807, 2.05) is 0 Å². The quantitative estimate of drug-likeness (QED) is 0.624. The predicted octanol–water partition coefficient (Wildman–Crippen LogP) is 0.783. The molecule has 1 aromatic carbocycles. The Morgan fingerprint density at radius 1 is 1.29 bits per heavy atom. The average molecular weight is 325 g/mol. The summed E-state index contributed by atoms with van der Waals surface area (Å²) >= 11 is 0. The van der Waals surface area contributed by atoms with E-state index in [2.05, 4.69) is 17.1 Å². The molecule has 9 heteroatoms. The smallest absolute Gasteiger partial charge is 0.293 e. The molecule has 24 heavy (non-hydrogen) atoms. The maximum atomic E-state index is 11.4. The first kappa shape index (κ1) is 14.6. The van der Waals surface area contributed by atoms with Crippen molar-refractivity contribution in [1.29, 1.82) is 10.5 Å². The lowest BCUT2D eigenvalue weighted by Crippen LogP contribution is -2.38. The number of para-hydroxylation sites is 1. The third kappa shape index (κ3) is 1.25. The Bertz CT molecular complexity index is 879. The van der Waals surface area contributed by atoms with Crippen LogP contribution >= 0.6 is 0 Å². The highest BCUT2D eigenvalue weighted by Gasteiger charge is 2.94. The SMILES string of the molecule is N#CC12C(N)=NC3(OCCO3)C1(C#N)C2c1ccccc1[N+](=O)[O-]. The number of hydrogen-bond donors (Lipinski definition) is 1. The zero-order chi connectivity index (χ0) is 17.2. The fourth-order valence-electron chi connectivity index (χ4n) is 4.08. The van der Waals surface area contributed by atoms with Crippen molar-refractivity contribution in [3.05, 3.63) is 39.9 Å². The first-order valence-corrected chi connectivity index (χ1v) is 7.20. The molecular formula is C15H11N5O4. The number of ether oxygens (including phenoxy) is 2. The standard InChI is InChI=1S/C15H11N5O4/c16-7-13-11(9-3-1-2-4-10(9)20(21)22)14(13,8-17)15(19-12(13)18)23-5-6-24-15/h1-4,11H,5-6H2,(H2,18,19). The average Bonchev–Trinajstić information content (AvgIpc) is 2.83. The van der Waals surface area contributed by atoms with Gasteiger partial charge in [-0.05, 0) is 0 Å². The van der Waals surface area contributed by atoms with Crippen molar-refractivity contribution in [2.24, 2.45) is 21.6 Å². The Morgan fingerprint density at radius 2 is 1.96 bits per heavy atom. The molecule has 1 saturated carbocycles. The van der Waals surface area contributed by atoms with Gasteiger partial charge in [-0.3, -0.25) is 10.1 Å². The fraction of sp³-hybridized carbons (Fsp3) is 0.400. The van der Waals surface area contributed by atoms with Gasteiger partial charge in [0.15, 0.2) is 5.41 Å². The zero-order valence-corrected chi connectivity index (χ0v) is 12.3. The summed E-state index contributed by atoms with van der Waals surface area (Å²) in [6.45, 7) is 0.399. The largest absolute Gasteiger partial charge is 0.386 e. The van der Waals surface area contributed by atoms with Crippen molar-refractivity contribution in [2.45, 2.75) is 11.8 Å². The summed E-state index contributed by atoms with van der Waals surface area (Å²) in [5.41, 5.74) is 3.01. The van der Waals surface area contributed by atoms with Crippen molar-refractivity contribution in [3.8, 4) is 12.1 Å². The van der Waals surface area contributed by atoms with Crippen LogP contribution in [0.1, 0.15) is 11.5 Å². The summed E-state index contributed by atoms with van der Waals surface area (Å²) in [4.78, 5) is 14.9. The summed E-state index contributed by atoms with van der Waals surface area (Å²) in [5, 5.41) is 31.1. The van der Waals surface area contributed by atoms with E-state index in [1.165, 1.54) is 18.2 Å². The van der Waals surface area contributed by atoms with Crippen LogP contribution in [0.2, 0.25) is 0 Å². The zero-order valence-electron chi connectivity index (χ0n) is 12.3. The number of fused-ring (bicyclic) bond motifs is 2. The second-order valence-corrected chi connectivity index (χ2v) is 5.86. The molecule has 3 atom stereocenters. The van der Waals surface area contributed by atoms with Crippen LogP contribution in [0.3, 0.4) is 0 Å². The molecule has 9 nitrogen and oxygen atoms in total. The highest BCUT2D eigenvalue weighted by Crippen LogP contribution is 2.82.